The molecule has 4 heterocycles. The first-order valence-corrected chi connectivity index (χ1v) is 10.1. The molecule has 3 N–H and O–H groups in total. The van der Waals surface area contributed by atoms with Crippen LogP contribution in [0.3, 0.4) is 0 Å². The van der Waals surface area contributed by atoms with Crippen LogP contribution < -0.4 is 10.2 Å². The Kier molecular flexibility index (Phi) is 5.20. The van der Waals surface area contributed by atoms with Crippen LogP contribution in [0.15, 0.2) is 48.8 Å². The van der Waals surface area contributed by atoms with Crippen molar-refractivity contribution in [2.75, 3.05) is 10.2 Å². The molecule has 1 saturated heterocycles. The predicted octanol–water partition coefficient (Wildman–Crippen LogP) is 5.50. The van der Waals surface area contributed by atoms with E-state index in [1.165, 1.54) is 12.3 Å². The molecule has 4 rings (SSSR count). The van der Waals surface area contributed by atoms with Crippen molar-refractivity contribution < 1.29 is 18.7 Å². The Balaban J connectivity index is 1.73. The van der Waals surface area contributed by atoms with Crippen LogP contribution in [0.1, 0.15) is 39.3 Å². The van der Waals surface area contributed by atoms with Gasteiger partial charge >= 0.3 is 0 Å². The van der Waals surface area contributed by atoms with Crippen LogP contribution in [0, 0.1) is 0 Å². The number of amides is 1. The normalized spacial score (nSPS) is 16.4. The summed E-state index contributed by atoms with van der Waals surface area (Å²) in [5.41, 5.74) is 0.713. The monoisotopic (exact) mass is 439 g/mol. The number of carbonyl (C=O) groups is 1. The average Bonchev–Trinajstić information content (AvgIpc) is 3.21. The number of H-pyrrole nitrogens is 1. The number of fused-ring (bicyclic) bond motifs is 1. The fourth-order valence-corrected chi connectivity index (χ4v) is 4.05. The van der Waals surface area contributed by atoms with Crippen LogP contribution >= 0.6 is 0 Å². The standard InChI is InChI=1S/C23H23F2N5O2/c1-12(24)20(13(2)25)15-9-16(21-17(28-15)11-27-22(21)32)29-18-6-5-14(10-26-18)30-19(31)7-8-23(30,3)4/h5-6,9-11,27,32H,1,7-8H2,2-4H3,(H,26,29). The average molecular weight is 439 g/mol. The molecule has 1 fully saturated rings. The lowest BCUT2D eigenvalue weighted by atomic mass is 10.0. The van der Waals surface area contributed by atoms with Gasteiger partial charge in [0, 0.05) is 18.2 Å². The number of aromatic nitrogens is 3. The van der Waals surface area contributed by atoms with Gasteiger partial charge < -0.3 is 20.3 Å². The number of rotatable bonds is 5. The molecule has 0 bridgehead atoms. The Morgan fingerprint density at radius 3 is 2.66 bits per heavy atom. The zero-order valence-electron chi connectivity index (χ0n) is 18.0. The summed E-state index contributed by atoms with van der Waals surface area (Å²) in [5.74, 6) is -1.41. The first-order chi connectivity index (χ1) is 15.1. The van der Waals surface area contributed by atoms with Crippen molar-refractivity contribution in [2.24, 2.45) is 0 Å². The summed E-state index contributed by atoms with van der Waals surface area (Å²) in [4.78, 5) is 25.3. The number of anilines is 3. The van der Waals surface area contributed by atoms with Crippen molar-refractivity contribution in [1.82, 2.24) is 15.0 Å². The van der Waals surface area contributed by atoms with Crippen LogP contribution in [-0.2, 0) is 4.79 Å². The number of hydrogen-bond acceptors (Lipinski definition) is 5. The fraction of sp³-hybridized carbons (Fsp3) is 0.261. The molecule has 1 aliphatic rings. The summed E-state index contributed by atoms with van der Waals surface area (Å²) in [6.45, 7) is 8.32. The van der Waals surface area contributed by atoms with Gasteiger partial charge in [0.2, 0.25) is 5.91 Å². The summed E-state index contributed by atoms with van der Waals surface area (Å²) >= 11 is 0. The third-order valence-electron chi connectivity index (χ3n) is 5.58. The van der Waals surface area contributed by atoms with E-state index in [4.69, 9.17) is 0 Å². The van der Waals surface area contributed by atoms with Gasteiger partial charge in [0.05, 0.1) is 39.7 Å². The Labute approximate surface area is 183 Å². The van der Waals surface area contributed by atoms with Gasteiger partial charge in [-0.2, -0.15) is 0 Å². The lowest BCUT2D eigenvalue weighted by Crippen LogP contribution is -2.40. The number of allylic oxidation sites excluding steroid dienone is 3. The molecule has 0 spiro atoms. The summed E-state index contributed by atoms with van der Waals surface area (Å²) in [6, 6.07) is 4.89. The van der Waals surface area contributed by atoms with Crippen LogP contribution in [-0.4, -0.2) is 31.5 Å². The maximum absolute atomic E-state index is 14.0. The van der Waals surface area contributed by atoms with Crippen LogP contribution in [0.5, 0.6) is 5.88 Å². The van der Waals surface area contributed by atoms with Gasteiger partial charge in [0.15, 0.2) is 5.88 Å². The lowest BCUT2D eigenvalue weighted by Gasteiger charge is -2.31. The number of halogens is 2. The van der Waals surface area contributed by atoms with E-state index in [2.05, 4.69) is 26.8 Å². The Morgan fingerprint density at radius 2 is 2.09 bits per heavy atom. The van der Waals surface area contributed by atoms with Crippen molar-refractivity contribution >= 4 is 39.6 Å². The molecule has 166 valence electrons. The highest BCUT2D eigenvalue weighted by Crippen LogP contribution is 2.37. The van der Waals surface area contributed by atoms with Gasteiger partial charge in [0.25, 0.3) is 0 Å². The molecule has 9 heteroatoms. The zero-order valence-corrected chi connectivity index (χ0v) is 18.0. The molecular formula is C23H23F2N5O2. The molecule has 0 unspecified atom stereocenters. The third kappa shape index (κ3) is 3.70. The highest BCUT2D eigenvalue weighted by Gasteiger charge is 2.38. The van der Waals surface area contributed by atoms with E-state index < -0.39 is 11.7 Å². The molecule has 0 radical (unpaired) electrons. The Bertz CT molecular complexity index is 1260. The summed E-state index contributed by atoms with van der Waals surface area (Å²) in [5, 5.41) is 13.6. The fourth-order valence-electron chi connectivity index (χ4n) is 4.05. The molecule has 3 aromatic heterocycles. The van der Waals surface area contributed by atoms with E-state index in [0.717, 1.165) is 13.3 Å². The van der Waals surface area contributed by atoms with E-state index in [1.807, 2.05) is 13.8 Å². The zero-order chi connectivity index (χ0) is 23.2. The first-order valence-electron chi connectivity index (χ1n) is 10.1. The SMILES string of the molecule is C=C(F)C(=C(C)F)c1cc(Nc2ccc(N3C(=O)CCC3(C)C)cn2)c2c(O)[nH]cc2n1. The minimum atomic E-state index is -0.956. The van der Waals surface area contributed by atoms with E-state index in [-0.39, 0.29) is 28.6 Å². The van der Waals surface area contributed by atoms with Crippen LogP contribution in [0.2, 0.25) is 0 Å². The van der Waals surface area contributed by atoms with E-state index >= 15 is 0 Å². The lowest BCUT2D eigenvalue weighted by molar-refractivity contribution is -0.117. The van der Waals surface area contributed by atoms with Gasteiger partial charge in [-0.25, -0.2) is 18.7 Å². The molecule has 0 saturated carbocycles. The molecular weight excluding hydrogens is 416 g/mol. The summed E-state index contributed by atoms with van der Waals surface area (Å²) in [6.07, 6.45) is 4.27. The first kappa shape index (κ1) is 21.5. The maximum atomic E-state index is 14.0. The second-order valence-corrected chi connectivity index (χ2v) is 8.33. The second kappa shape index (κ2) is 7.74. The Hall–Kier alpha value is -3.75. The largest absolute Gasteiger partial charge is 0.494 e. The molecule has 32 heavy (non-hydrogen) atoms. The van der Waals surface area contributed by atoms with E-state index in [0.29, 0.717) is 34.5 Å². The van der Waals surface area contributed by atoms with Crippen LogP contribution in [0.25, 0.3) is 16.5 Å². The van der Waals surface area contributed by atoms with Crippen molar-refractivity contribution in [3.63, 3.8) is 0 Å². The highest BCUT2D eigenvalue weighted by atomic mass is 19.1. The molecule has 1 amide bonds. The van der Waals surface area contributed by atoms with Crippen LogP contribution in [0.4, 0.5) is 26.0 Å². The number of nitrogens with one attached hydrogen (secondary N) is 2. The van der Waals surface area contributed by atoms with Crippen molar-refractivity contribution in [3.05, 3.63) is 54.5 Å². The van der Waals surface area contributed by atoms with Crippen molar-refractivity contribution in [1.29, 1.82) is 0 Å². The minimum absolute atomic E-state index is 0.0209. The molecule has 0 atom stereocenters. The number of aromatic amines is 1. The third-order valence-corrected chi connectivity index (χ3v) is 5.58. The molecule has 1 aliphatic heterocycles. The number of aromatic hydroxyl groups is 1. The summed E-state index contributed by atoms with van der Waals surface area (Å²) < 4.78 is 27.9. The quantitative estimate of drug-likeness (QED) is 0.457. The van der Waals surface area contributed by atoms with Crippen molar-refractivity contribution in [2.45, 2.75) is 39.2 Å². The van der Waals surface area contributed by atoms with Gasteiger partial charge in [-0.15, -0.1) is 0 Å². The number of hydrogen-bond donors (Lipinski definition) is 3. The highest BCUT2D eigenvalue weighted by molar-refractivity contribution is 5.99. The topological polar surface area (TPSA) is 94.1 Å². The minimum Gasteiger partial charge on any atom is -0.494 e. The number of carbonyl (C=O) groups excluding carboxylic acids is 1. The second-order valence-electron chi connectivity index (χ2n) is 8.33. The maximum Gasteiger partial charge on any atom is 0.227 e. The number of pyridine rings is 2. The molecule has 3 aromatic rings. The molecule has 0 aliphatic carbocycles. The smallest absolute Gasteiger partial charge is 0.227 e. The Morgan fingerprint density at radius 1 is 1.34 bits per heavy atom. The number of nitrogens with zero attached hydrogens (tertiary/aromatic N) is 3. The van der Waals surface area contributed by atoms with Gasteiger partial charge in [0.1, 0.15) is 17.5 Å². The van der Waals surface area contributed by atoms with Gasteiger partial charge in [-0.05, 0) is 45.4 Å². The molecule has 7 nitrogen and oxygen atoms in total. The van der Waals surface area contributed by atoms with E-state index in [9.17, 15) is 18.7 Å². The van der Waals surface area contributed by atoms with Gasteiger partial charge in [-0.1, -0.05) is 6.58 Å². The van der Waals surface area contributed by atoms with E-state index in [1.54, 1.807) is 23.2 Å². The predicted molar refractivity (Wildman–Crippen MR) is 120 cm³/mol. The van der Waals surface area contributed by atoms with Crippen molar-refractivity contribution in [3.8, 4) is 5.88 Å². The van der Waals surface area contributed by atoms with Gasteiger partial charge in [-0.3, -0.25) is 4.79 Å². The summed E-state index contributed by atoms with van der Waals surface area (Å²) in [7, 11) is 0. The molecule has 0 aromatic carbocycles.